The molecule has 1 aromatic heterocycles. The third kappa shape index (κ3) is 4.91. The Morgan fingerprint density at radius 3 is 2.27 bits per heavy atom. The highest BCUT2D eigenvalue weighted by atomic mass is 16.2. The Bertz CT molecular complexity index is 870. The predicted molar refractivity (Wildman–Crippen MR) is 122 cm³/mol. The van der Waals surface area contributed by atoms with Crippen molar-refractivity contribution in [2.75, 3.05) is 45.2 Å². The van der Waals surface area contributed by atoms with Gasteiger partial charge in [-0.05, 0) is 25.8 Å². The third-order valence-electron chi connectivity index (χ3n) is 6.00. The summed E-state index contributed by atoms with van der Waals surface area (Å²) in [5, 5.41) is 0. The second-order valence-corrected chi connectivity index (χ2v) is 8.59. The van der Waals surface area contributed by atoms with Crippen LogP contribution in [0.25, 0.3) is 0 Å². The molecule has 3 rings (SSSR count). The number of urea groups is 1. The van der Waals surface area contributed by atoms with E-state index >= 15 is 0 Å². The van der Waals surface area contributed by atoms with Crippen molar-refractivity contribution in [2.45, 2.75) is 46.5 Å². The van der Waals surface area contributed by atoms with Crippen molar-refractivity contribution in [3.05, 3.63) is 52.5 Å². The van der Waals surface area contributed by atoms with Gasteiger partial charge >= 0.3 is 6.03 Å². The number of carbonyl (C=O) groups excluding carboxylic acids is 1. The van der Waals surface area contributed by atoms with Gasteiger partial charge in [0.05, 0.1) is 0 Å². The summed E-state index contributed by atoms with van der Waals surface area (Å²) in [6.45, 7) is 11.6. The molecule has 0 unspecified atom stereocenters. The van der Waals surface area contributed by atoms with Crippen LogP contribution < -0.4 is 4.90 Å². The fourth-order valence-corrected chi connectivity index (χ4v) is 3.78. The van der Waals surface area contributed by atoms with Gasteiger partial charge < -0.3 is 14.7 Å². The van der Waals surface area contributed by atoms with Gasteiger partial charge in [-0.3, -0.25) is 0 Å². The quantitative estimate of drug-likeness (QED) is 0.749. The minimum atomic E-state index is 0.0775. The molecule has 0 aliphatic carbocycles. The van der Waals surface area contributed by atoms with E-state index in [1.807, 2.05) is 4.90 Å². The van der Waals surface area contributed by atoms with Crippen LogP contribution in [0.5, 0.6) is 0 Å². The molecule has 6 nitrogen and oxygen atoms in total. The van der Waals surface area contributed by atoms with Crippen molar-refractivity contribution in [1.29, 1.82) is 0 Å². The van der Waals surface area contributed by atoms with Crippen LogP contribution in [0.4, 0.5) is 10.6 Å². The number of benzene rings is 1. The average Bonchev–Trinajstić information content (AvgIpc) is 2.75. The first-order valence-corrected chi connectivity index (χ1v) is 10.9. The highest BCUT2D eigenvalue weighted by molar-refractivity contribution is 5.74. The van der Waals surface area contributed by atoms with Crippen molar-refractivity contribution >= 4 is 11.8 Å². The molecule has 1 atom stereocenters. The summed E-state index contributed by atoms with van der Waals surface area (Å²) < 4.78 is 0. The first-order valence-electron chi connectivity index (χ1n) is 10.9. The van der Waals surface area contributed by atoms with E-state index in [2.05, 4.69) is 56.9 Å². The van der Waals surface area contributed by atoms with E-state index in [-0.39, 0.29) is 6.03 Å². The van der Waals surface area contributed by atoms with E-state index < -0.39 is 0 Å². The molecule has 2 amide bonds. The predicted octanol–water partition coefficient (Wildman–Crippen LogP) is 4.00. The average molecular weight is 410 g/mol. The van der Waals surface area contributed by atoms with Crippen LogP contribution in [-0.2, 0) is 6.42 Å². The van der Waals surface area contributed by atoms with Gasteiger partial charge in [0.15, 0.2) is 0 Å². The maximum Gasteiger partial charge on any atom is 0.319 e. The molecule has 1 aromatic carbocycles. The van der Waals surface area contributed by atoms with Gasteiger partial charge in [0, 0.05) is 63.9 Å². The summed E-state index contributed by atoms with van der Waals surface area (Å²) in [5.74, 6) is 2.28. The van der Waals surface area contributed by atoms with Crippen molar-refractivity contribution in [2.24, 2.45) is 0 Å². The SMILES string of the molecule is CC[C@@H](C)c1nc(C)c(Cc2ccc(C)cc2)c(N2CCN(C(=O)N(C)C)CC2)n1. The molecule has 2 aromatic rings. The molecule has 1 aliphatic heterocycles. The number of nitrogens with zero attached hydrogens (tertiary/aromatic N) is 5. The molecule has 1 fully saturated rings. The molecular weight excluding hydrogens is 374 g/mol. The Labute approximate surface area is 180 Å². The summed E-state index contributed by atoms with van der Waals surface area (Å²) >= 11 is 0. The van der Waals surface area contributed by atoms with Crippen LogP contribution in [0.2, 0.25) is 0 Å². The molecule has 0 N–H and O–H groups in total. The Hall–Kier alpha value is -2.63. The molecule has 1 aliphatic rings. The van der Waals surface area contributed by atoms with Crippen LogP contribution >= 0.6 is 0 Å². The third-order valence-corrected chi connectivity index (χ3v) is 6.00. The zero-order valence-corrected chi connectivity index (χ0v) is 19.3. The van der Waals surface area contributed by atoms with Crippen LogP contribution in [-0.4, -0.2) is 66.1 Å². The molecule has 0 bridgehead atoms. The number of hydrogen-bond donors (Lipinski definition) is 0. The smallest absolute Gasteiger partial charge is 0.319 e. The van der Waals surface area contributed by atoms with Gasteiger partial charge in [0.25, 0.3) is 0 Å². The summed E-state index contributed by atoms with van der Waals surface area (Å²) in [5.41, 5.74) is 4.79. The second-order valence-electron chi connectivity index (χ2n) is 8.59. The standard InChI is InChI=1S/C24H35N5O/c1-7-18(3)22-25-19(4)21(16-20-10-8-17(2)9-11-20)23(26-22)28-12-14-29(15-13-28)24(30)27(5)6/h8-11,18H,7,12-16H2,1-6H3/t18-/m1/s1. The van der Waals surface area contributed by atoms with Gasteiger partial charge in [-0.2, -0.15) is 0 Å². The van der Waals surface area contributed by atoms with Gasteiger partial charge in [-0.15, -0.1) is 0 Å². The lowest BCUT2D eigenvalue weighted by atomic mass is 10.0. The van der Waals surface area contributed by atoms with E-state index in [0.717, 1.165) is 43.3 Å². The largest absolute Gasteiger partial charge is 0.353 e. The van der Waals surface area contributed by atoms with E-state index in [0.29, 0.717) is 19.0 Å². The van der Waals surface area contributed by atoms with Crippen molar-refractivity contribution in [1.82, 2.24) is 19.8 Å². The monoisotopic (exact) mass is 409 g/mol. The van der Waals surface area contributed by atoms with Crippen LogP contribution in [0.3, 0.4) is 0 Å². The fourth-order valence-electron chi connectivity index (χ4n) is 3.78. The normalized spacial score (nSPS) is 15.3. The maximum absolute atomic E-state index is 12.3. The van der Waals surface area contributed by atoms with Crippen LogP contribution in [0, 0.1) is 13.8 Å². The summed E-state index contributed by atoms with van der Waals surface area (Å²) in [7, 11) is 3.61. The first kappa shape index (κ1) is 22.1. The fraction of sp³-hybridized carbons (Fsp3) is 0.542. The Morgan fingerprint density at radius 2 is 1.70 bits per heavy atom. The van der Waals surface area contributed by atoms with Gasteiger partial charge in [0.1, 0.15) is 11.6 Å². The van der Waals surface area contributed by atoms with Gasteiger partial charge in [-0.25, -0.2) is 14.8 Å². The maximum atomic E-state index is 12.3. The molecule has 1 saturated heterocycles. The number of amides is 2. The van der Waals surface area contributed by atoms with Gasteiger partial charge in [0.2, 0.25) is 0 Å². The minimum absolute atomic E-state index is 0.0775. The molecule has 30 heavy (non-hydrogen) atoms. The lowest BCUT2D eigenvalue weighted by molar-refractivity contribution is 0.168. The highest BCUT2D eigenvalue weighted by Gasteiger charge is 2.26. The zero-order valence-electron chi connectivity index (χ0n) is 19.3. The number of rotatable bonds is 5. The number of hydrogen-bond acceptors (Lipinski definition) is 4. The molecule has 0 radical (unpaired) electrons. The highest BCUT2D eigenvalue weighted by Crippen LogP contribution is 2.28. The molecule has 0 spiro atoms. The molecular formula is C24H35N5O. The molecule has 162 valence electrons. The van der Waals surface area contributed by atoms with Gasteiger partial charge in [-0.1, -0.05) is 43.7 Å². The van der Waals surface area contributed by atoms with Crippen LogP contribution in [0.1, 0.15) is 54.4 Å². The minimum Gasteiger partial charge on any atom is -0.353 e. The van der Waals surface area contributed by atoms with Crippen molar-refractivity contribution < 1.29 is 4.79 Å². The number of piperazine rings is 1. The summed E-state index contributed by atoms with van der Waals surface area (Å²) in [4.78, 5) is 28.1. The Morgan fingerprint density at radius 1 is 1.07 bits per heavy atom. The summed E-state index contributed by atoms with van der Waals surface area (Å²) in [6.07, 6.45) is 1.83. The van der Waals surface area contributed by atoms with E-state index in [4.69, 9.17) is 9.97 Å². The second kappa shape index (κ2) is 9.45. The molecule has 2 heterocycles. The lowest BCUT2D eigenvalue weighted by Gasteiger charge is -2.37. The molecule has 0 saturated carbocycles. The Kier molecular flexibility index (Phi) is 6.95. The number of anilines is 1. The number of aromatic nitrogens is 2. The topological polar surface area (TPSA) is 52.6 Å². The van der Waals surface area contributed by atoms with E-state index in [9.17, 15) is 4.79 Å². The Balaban J connectivity index is 1.91. The lowest BCUT2D eigenvalue weighted by Crippen LogP contribution is -2.52. The number of aryl methyl sites for hydroxylation is 2. The van der Waals surface area contributed by atoms with Crippen molar-refractivity contribution in [3.8, 4) is 0 Å². The summed E-state index contributed by atoms with van der Waals surface area (Å²) in [6, 6.07) is 8.77. The molecule has 6 heteroatoms. The zero-order chi connectivity index (χ0) is 21.8. The first-order chi connectivity index (χ1) is 14.3. The number of carbonyl (C=O) groups is 1. The van der Waals surface area contributed by atoms with E-state index in [1.54, 1.807) is 19.0 Å². The van der Waals surface area contributed by atoms with Crippen LogP contribution in [0.15, 0.2) is 24.3 Å². The van der Waals surface area contributed by atoms with Crippen molar-refractivity contribution in [3.63, 3.8) is 0 Å². The van der Waals surface area contributed by atoms with E-state index in [1.165, 1.54) is 16.7 Å².